The summed E-state index contributed by atoms with van der Waals surface area (Å²) in [4.78, 5) is 26.7. The Bertz CT molecular complexity index is 1340. The number of rotatable bonds is 8. The minimum Gasteiger partial charge on any atom is -0.369 e. The van der Waals surface area contributed by atoms with Gasteiger partial charge in [0.2, 0.25) is 10.0 Å². The Hall–Kier alpha value is -2.63. The van der Waals surface area contributed by atoms with Crippen LogP contribution in [0, 0.1) is 18.7 Å². The normalized spacial score (nSPS) is 23.3. The van der Waals surface area contributed by atoms with Gasteiger partial charge in [-0.15, -0.1) is 0 Å². The summed E-state index contributed by atoms with van der Waals surface area (Å²) in [5, 5.41) is 3.49. The first kappa shape index (κ1) is 30.8. The SMILES string of the molecule is Cc1c(NCC2CCCC(c3cccc(F)c3)C2)ncnc1C(=O)N1CCC(N2CCC(N(C)S(C)(=O)=O)CC2)CC1. The van der Waals surface area contributed by atoms with Crippen molar-refractivity contribution in [2.45, 2.75) is 76.3 Å². The van der Waals surface area contributed by atoms with Crippen molar-refractivity contribution in [1.29, 1.82) is 0 Å². The summed E-state index contributed by atoms with van der Waals surface area (Å²) in [6.45, 7) is 5.81. The number of hydrogen-bond acceptors (Lipinski definition) is 7. The number of amides is 1. The van der Waals surface area contributed by atoms with Crippen LogP contribution in [0.2, 0.25) is 0 Å². The second kappa shape index (κ2) is 13.3. The first-order valence-corrected chi connectivity index (χ1v) is 17.2. The van der Waals surface area contributed by atoms with Gasteiger partial charge >= 0.3 is 0 Å². The molecule has 1 N–H and O–H groups in total. The number of anilines is 1. The maximum Gasteiger partial charge on any atom is 0.272 e. The van der Waals surface area contributed by atoms with Crippen molar-refractivity contribution in [3.05, 3.63) is 53.2 Å². The molecule has 2 unspecified atom stereocenters. The zero-order valence-corrected chi connectivity index (χ0v) is 26.0. The molecule has 42 heavy (non-hydrogen) atoms. The highest BCUT2D eigenvalue weighted by Crippen LogP contribution is 2.36. The highest BCUT2D eigenvalue weighted by molar-refractivity contribution is 7.88. The molecule has 1 saturated carbocycles. The molecule has 2 atom stereocenters. The molecule has 3 heterocycles. The number of carbonyl (C=O) groups excluding carboxylic acids is 1. The van der Waals surface area contributed by atoms with Crippen LogP contribution in [0.25, 0.3) is 0 Å². The molecule has 9 nitrogen and oxygen atoms in total. The predicted molar refractivity (Wildman–Crippen MR) is 162 cm³/mol. The van der Waals surface area contributed by atoms with Gasteiger partial charge in [0, 0.05) is 44.3 Å². The molecule has 2 saturated heterocycles. The van der Waals surface area contributed by atoms with E-state index >= 15 is 0 Å². The fourth-order valence-electron chi connectivity index (χ4n) is 7.09. The molecular weight excluding hydrogens is 555 g/mol. The Morgan fingerprint density at radius 1 is 1.07 bits per heavy atom. The second-order valence-electron chi connectivity index (χ2n) is 12.4. The number of benzene rings is 1. The van der Waals surface area contributed by atoms with E-state index < -0.39 is 10.0 Å². The molecule has 2 aromatic rings. The lowest BCUT2D eigenvalue weighted by Gasteiger charge is -2.43. The molecule has 0 radical (unpaired) electrons. The third-order valence-corrected chi connectivity index (χ3v) is 11.1. The highest BCUT2D eigenvalue weighted by atomic mass is 32.2. The number of aromatic nitrogens is 2. The Balaban J connectivity index is 1.12. The van der Waals surface area contributed by atoms with Crippen LogP contribution in [-0.2, 0) is 10.0 Å². The third-order valence-electron chi connectivity index (χ3n) is 9.75. The number of nitrogens with zero attached hydrogens (tertiary/aromatic N) is 5. The summed E-state index contributed by atoms with van der Waals surface area (Å²) in [7, 11) is -1.50. The van der Waals surface area contributed by atoms with Crippen molar-refractivity contribution in [2.75, 3.05) is 51.3 Å². The van der Waals surface area contributed by atoms with Crippen molar-refractivity contribution < 1.29 is 17.6 Å². The van der Waals surface area contributed by atoms with Gasteiger partial charge in [-0.3, -0.25) is 4.79 Å². The quantitative estimate of drug-likeness (QED) is 0.483. The number of hydrogen-bond donors (Lipinski definition) is 1. The lowest BCUT2D eigenvalue weighted by atomic mass is 9.78. The lowest BCUT2D eigenvalue weighted by molar-refractivity contribution is 0.0542. The van der Waals surface area contributed by atoms with Crippen LogP contribution in [0.15, 0.2) is 30.6 Å². The van der Waals surface area contributed by atoms with Crippen LogP contribution in [0.4, 0.5) is 10.2 Å². The first-order valence-electron chi connectivity index (χ1n) is 15.4. The molecule has 230 valence electrons. The van der Waals surface area contributed by atoms with Gasteiger partial charge in [0.15, 0.2) is 0 Å². The monoisotopic (exact) mass is 600 g/mol. The number of nitrogens with one attached hydrogen (secondary N) is 1. The predicted octanol–water partition coefficient (Wildman–Crippen LogP) is 4.27. The summed E-state index contributed by atoms with van der Waals surface area (Å²) in [6, 6.07) is 7.46. The van der Waals surface area contributed by atoms with Crippen molar-refractivity contribution >= 4 is 21.7 Å². The minimum atomic E-state index is -3.17. The van der Waals surface area contributed by atoms with Gasteiger partial charge in [0.1, 0.15) is 23.7 Å². The molecule has 1 aromatic carbocycles. The molecular formula is C31H45FN6O3S. The Morgan fingerprint density at radius 2 is 1.81 bits per heavy atom. The fourth-order valence-corrected chi connectivity index (χ4v) is 7.85. The van der Waals surface area contributed by atoms with Gasteiger partial charge in [-0.25, -0.2) is 27.1 Å². The van der Waals surface area contributed by atoms with Crippen LogP contribution >= 0.6 is 0 Å². The molecule has 0 bridgehead atoms. The highest BCUT2D eigenvalue weighted by Gasteiger charge is 2.33. The standard InChI is InChI=1S/C31H45FN6O3S/c1-22-29(31(39)38-16-12-28(13-17-38)37-14-10-27(11-15-37)36(2)42(3,40)41)34-21-35-30(22)33-20-23-6-4-7-24(18-23)25-8-5-9-26(32)19-25/h5,8-9,19,21,23-24,27-28H,4,6-7,10-18,20H2,1-3H3,(H,33,34,35). The Morgan fingerprint density at radius 3 is 2.50 bits per heavy atom. The third kappa shape index (κ3) is 7.29. The van der Waals surface area contributed by atoms with Crippen molar-refractivity contribution in [2.24, 2.45) is 5.92 Å². The number of sulfonamides is 1. The molecule has 1 amide bonds. The summed E-state index contributed by atoms with van der Waals surface area (Å²) in [5.74, 6) is 1.31. The van der Waals surface area contributed by atoms with E-state index in [1.54, 1.807) is 19.2 Å². The molecule has 2 aliphatic heterocycles. The van der Waals surface area contributed by atoms with Crippen LogP contribution in [0.5, 0.6) is 0 Å². The zero-order valence-electron chi connectivity index (χ0n) is 25.1. The number of halogens is 1. The van der Waals surface area contributed by atoms with Crippen LogP contribution < -0.4 is 5.32 Å². The molecule has 1 aromatic heterocycles. The van der Waals surface area contributed by atoms with Crippen LogP contribution in [-0.4, -0.2) is 96.5 Å². The molecule has 3 fully saturated rings. The zero-order chi connectivity index (χ0) is 29.9. The van der Waals surface area contributed by atoms with Gasteiger partial charge in [-0.05, 0) is 94.5 Å². The van der Waals surface area contributed by atoms with Crippen molar-refractivity contribution in [3.63, 3.8) is 0 Å². The first-order chi connectivity index (χ1) is 20.1. The van der Waals surface area contributed by atoms with Gasteiger partial charge in [-0.1, -0.05) is 18.6 Å². The molecule has 3 aliphatic rings. The average Bonchev–Trinajstić information content (AvgIpc) is 3.00. The van der Waals surface area contributed by atoms with Crippen molar-refractivity contribution in [1.82, 2.24) is 24.1 Å². The van der Waals surface area contributed by atoms with E-state index in [0.717, 1.165) is 82.1 Å². The van der Waals surface area contributed by atoms with E-state index in [0.29, 0.717) is 42.5 Å². The van der Waals surface area contributed by atoms with E-state index in [1.165, 1.54) is 23.0 Å². The second-order valence-corrected chi connectivity index (χ2v) is 14.5. The molecule has 0 spiro atoms. The van der Waals surface area contributed by atoms with E-state index in [9.17, 15) is 17.6 Å². The molecule has 5 rings (SSSR count). The largest absolute Gasteiger partial charge is 0.369 e. The van der Waals surface area contributed by atoms with Gasteiger partial charge in [0.05, 0.1) is 6.26 Å². The van der Waals surface area contributed by atoms with E-state index in [-0.39, 0.29) is 17.8 Å². The van der Waals surface area contributed by atoms with Gasteiger partial charge < -0.3 is 15.1 Å². The van der Waals surface area contributed by atoms with E-state index in [2.05, 4.69) is 20.2 Å². The van der Waals surface area contributed by atoms with E-state index in [4.69, 9.17) is 0 Å². The summed E-state index contributed by atoms with van der Waals surface area (Å²) < 4.78 is 39.1. The van der Waals surface area contributed by atoms with Gasteiger partial charge in [-0.2, -0.15) is 0 Å². The number of piperidine rings is 2. The topological polar surface area (TPSA) is 98.7 Å². The Labute approximate surface area is 249 Å². The Kier molecular flexibility index (Phi) is 9.79. The lowest BCUT2D eigenvalue weighted by Crippen LogP contribution is -2.52. The fraction of sp³-hybridized carbons (Fsp3) is 0.645. The minimum absolute atomic E-state index is 0.0475. The molecule has 1 aliphatic carbocycles. The summed E-state index contributed by atoms with van der Waals surface area (Å²) in [6.07, 6.45) is 10.6. The maximum absolute atomic E-state index is 13.8. The number of likely N-dealkylation sites (tertiary alicyclic amines) is 2. The van der Waals surface area contributed by atoms with Crippen LogP contribution in [0.3, 0.4) is 0 Å². The maximum atomic E-state index is 13.8. The van der Waals surface area contributed by atoms with Crippen LogP contribution in [0.1, 0.15) is 78.9 Å². The molecule has 11 heteroatoms. The average molecular weight is 601 g/mol. The summed E-state index contributed by atoms with van der Waals surface area (Å²) in [5.41, 5.74) is 2.31. The summed E-state index contributed by atoms with van der Waals surface area (Å²) >= 11 is 0. The van der Waals surface area contributed by atoms with Gasteiger partial charge in [0.25, 0.3) is 5.91 Å². The van der Waals surface area contributed by atoms with Crippen molar-refractivity contribution in [3.8, 4) is 0 Å². The number of carbonyl (C=O) groups is 1. The van der Waals surface area contributed by atoms with E-state index in [1.807, 2.05) is 17.9 Å². The smallest absolute Gasteiger partial charge is 0.272 e.